The summed E-state index contributed by atoms with van der Waals surface area (Å²) in [5, 5.41) is 10.9. The van der Waals surface area contributed by atoms with Crippen LogP contribution in [0.15, 0.2) is 54.9 Å². The molecule has 4 aromatic rings. The highest BCUT2D eigenvalue weighted by Gasteiger charge is 2.27. The molecule has 2 aromatic carbocycles. The Morgan fingerprint density at radius 2 is 1.90 bits per heavy atom. The van der Waals surface area contributed by atoms with Gasteiger partial charge in [0.05, 0.1) is 16.9 Å². The van der Waals surface area contributed by atoms with Gasteiger partial charge < -0.3 is 20.7 Å². The summed E-state index contributed by atoms with van der Waals surface area (Å²) in [4.78, 5) is 26.3. The molecule has 1 saturated heterocycles. The molecule has 0 radical (unpaired) electrons. The fourth-order valence-electron chi connectivity index (χ4n) is 5.12. The molecule has 1 amide bonds. The summed E-state index contributed by atoms with van der Waals surface area (Å²) < 4.78 is 21.4. The molecule has 3 N–H and O–H groups in total. The van der Waals surface area contributed by atoms with Crippen LogP contribution in [0.1, 0.15) is 37.7 Å². The second-order valence-electron chi connectivity index (χ2n) is 10.3. The largest absolute Gasteiger partial charge is 0.437 e. The van der Waals surface area contributed by atoms with E-state index in [1.165, 1.54) is 6.07 Å². The second kappa shape index (κ2) is 10.9. The van der Waals surface area contributed by atoms with Crippen molar-refractivity contribution in [1.29, 1.82) is 0 Å². The number of pyridine rings is 1. The quantitative estimate of drug-likeness (QED) is 0.278. The summed E-state index contributed by atoms with van der Waals surface area (Å²) in [6, 6.07) is 12.6. The highest BCUT2D eigenvalue weighted by atomic mass is 19.1. The molecular weight excluding hydrogens is 495 g/mol. The lowest BCUT2D eigenvalue weighted by Crippen LogP contribution is -2.38. The predicted molar refractivity (Wildman–Crippen MR) is 149 cm³/mol. The number of piperidine rings is 1. The van der Waals surface area contributed by atoms with Gasteiger partial charge in [0.1, 0.15) is 11.6 Å². The van der Waals surface area contributed by atoms with Crippen LogP contribution in [-0.2, 0) is 4.79 Å². The standard InChI is InChI=1S/C30H31FN6O2/c1-18-9-10-21-22(11-12-24(31)26(21)37-28(38)19-5-2-6-19)27(18)39-29-23(8-4-15-33-29)25-13-16-34-30(36-25)35-20-7-3-14-32-17-20/h4,8-13,15-16,19-20,32H,2-3,5-7,14,17H2,1H3,(H,37,38)(H,34,35,36)/t20-/m0/s1. The summed E-state index contributed by atoms with van der Waals surface area (Å²) in [5.74, 6) is 0.810. The van der Waals surface area contributed by atoms with Gasteiger partial charge >= 0.3 is 0 Å². The number of rotatable bonds is 7. The number of benzene rings is 2. The van der Waals surface area contributed by atoms with Gasteiger partial charge in [0.15, 0.2) is 0 Å². The number of carbonyl (C=O) groups is 1. The maximum absolute atomic E-state index is 14.9. The van der Waals surface area contributed by atoms with Crippen LogP contribution < -0.4 is 20.7 Å². The van der Waals surface area contributed by atoms with Gasteiger partial charge in [0, 0.05) is 41.7 Å². The van der Waals surface area contributed by atoms with Crippen molar-refractivity contribution in [3.63, 3.8) is 0 Å². The molecule has 0 spiro atoms. The van der Waals surface area contributed by atoms with Crippen LogP contribution >= 0.6 is 0 Å². The summed E-state index contributed by atoms with van der Waals surface area (Å²) in [6.07, 6.45) is 8.27. The number of hydrogen-bond donors (Lipinski definition) is 3. The van der Waals surface area contributed by atoms with Crippen LogP contribution in [-0.4, -0.2) is 40.0 Å². The molecule has 2 aliphatic rings. The normalized spacial score (nSPS) is 17.4. The van der Waals surface area contributed by atoms with Crippen LogP contribution in [0, 0.1) is 18.7 Å². The maximum atomic E-state index is 14.9. The van der Waals surface area contributed by atoms with E-state index in [9.17, 15) is 9.18 Å². The van der Waals surface area contributed by atoms with Crippen molar-refractivity contribution in [3.8, 4) is 22.9 Å². The zero-order valence-corrected chi connectivity index (χ0v) is 21.8. The van der Waals surface area contributed by atoms with Gasteiger partial charge in [0.2, 0.25) is 17.7 Å². The van der Waals surface area contributed by atoms with Crippen molar-refractivity contribution in [3.05, 3.63) is 66.2 Å². The minimum absolute atomic E-state index is 0.0569. The molecule has 0 bridgehead atoms. The van der Waals surface area contributed by atoms with Gasteiger partial charge in [-0.1, -0.05) is 18.6 Å². The van der Waals surface area contributed by atoms with Crippen molar-refractivity contribution in [1.82, 2.24) is 20.3 Å². The molecule has 2 aromatic heterocycles. The minimum Gasteiger partial charge on any atom is -0.437 e. The highest BCUT2D eigenvalue weighted by Crippen LogP contribution is 2.40. The average Bonchev–Trinajstić information content (AvgIpc) is 2.92. The number of ether oxygens (including phenoxy) is 1. The van der Waals surface area contributed by atoms with E-state index in [4.69, 9.17) is 9.72 Å². The Labute approximate surface area is 226 Å². The molecule has 1 saturated carbocycles. The minimum atomic E-state index is -0.474. The topological polar surface area (TPSA) is 101 Å². The van der Waals surface area contributed by atoms with E-state index >= 15 is 0 Å². The average molecular weight is 527 g/mol. The van der Waals surface area contributed by atoms with Gasteiger partial charge in [-0.2, -0.15) is 0 Å². The Hall–Kier alpha value is -4.11. The molecule has 0 unspecified atom stereocenters. The van der Waals surface area contributed by atoms with Crippen LogP contribution in [0.5, 0.6) is 11.6 Å². The van der Waals surface area contributed by atoms with E-state index < -0.39 is 5.82 Å². The number of amides is 1. The summed E-state index contributed by atoms with van der Waals surface area (Å²) in [7, 11) is 0. The Morgan fingerprint density at radius 3 is 2.69 bits per heavy atom. The van der Waals surface area contributed by atoms with E-state index in [2.05, 4.69) is 25.9 Å². The number of aromatic nitrogens is 3. The summed E-state index contributed by atoms with van der Waals surface area (Å²) in [5.41, 5.74) is 2.43. The van der Waals surface area contributed by atoms with Gasteiger partial charge in [-0.25, -0.2) is 19.3 Å². The van der Waals surface area contributed by atoms with Crippen LogP contribution in [0.25, 0.3) is 22.0 Å². The number of anilines is 2. The third-order valence-corrected chi connectivity index (χ3v) is 7.55. The Balaban J connectivity index is 1.33. The third kappa shape index (κ3) is 5.27. The Bertz CT molecular complexity index is 1520. The smallest absolute Gasteiger partial charge is 0.228 e. The molecule has 6 rings (SSSR count). The van der Waals surface area contributed by atoms with Gasteiger partial charge in [0.25, 0.3) is 0 Å². The van der Waals surface area contributed by atoms with E-state index in [-0.39, 0.29) is 23.6 Å². The molecule has 39 heavy (non-hydrogen) atoms. The number of nitrogens with zero attached hydrogens (tertiary/aromatic N) is 3. The molecule has 1 aliphatic carbocycles. The molecule has 1 aliphatic heterocycles. The summed E-state index contributed by atoms with van der Waals surface area (Å²) >= 11 is 0. The first-order valence-electron chi connectivity index (χ1n) is 13.5. The fourth-order valence-corrected chi connectivity index (χ4v) is 5.12. The second-order valence-corrected chi connectivity index (χ2v) is 10.3. The molecule has 2 fully saturated rings. The maximum Gasteiger partial charge on any atom is 0.228 e. The molecule has 1 atom stereocenters. The van der Waals surface area contributed by atoms with E-state index in [1.54, 1.807) is 18.5 Å². The van der Waals surface area contributed by atoms with Crippen LogP contribution in [0.3, 0.4) is 0 Å². The first-order chi connectivity index (χ1) is 19.1. The van der Waals surface area contributed by atoms with Crippen molar-refractivity contribution < 1.29 is 13.9 Å². The first kappa shape index (κ1) is 25.2. The molecular formula is C30H31FN6O2. The van der Waals surface area contributed by atoms with Crippen molar-refractivity contribution >= 4 is 28.3 Å². The van der Waals surface area contributed by atoms with Crippen molar-refractivity contribution in [2.45, 2.75) is 45.1 Å². The first-order valence-corrected chi connectivity index (χ1v) is 13.5. The number of carbonyl (C=O) groups excluding carboxylic acids is 1. The lowest BCUT2D eigenvalue weighted by molar-refractivity contribution is -0.122. The molecule has 3 heterocycles. The lowest BCUT2D eigenvalue weighted by atomic mass is 9.84. The molecule has 200 valence electrons. The van der Waals surface area contributed by atoms with Crippen LogP contribution in [0.2, 0.25) is 0 Å². The summed E-state index contributed by atoms with van der Waals surface area (Å²) in [6.45, 7) is 3.83. The fraction of sp³-hybridized carbons (Fsp3) is 0.333. The Morgan fingerprint density at radius 1 is 1.03 bits per heavy atom. The van der Waals surface area contributed by atoms with Gasteiger partial charge in [-0.15, -0.1) is 0 Å². The number of hydrogen-bond acceptors (Lipinski definition) is 7. The van der Waals surface area contributed by atoms with E-state index in [0.29, 0.717) is 39.6 Å². The Kier molecular flexibility index (Phi) is 7.06. The van der Waals surface area contributed by atoms with Crippen molar-refractivity contribution in [2.24, 2.45) is 5.92 Å². The third-order valence-electron chi connectivity index (χ3n) is 7.55. The number of aryl methyl sites for hydroxylation is 1. The molecule has 8 nitrogen and oxygen atoms in total. The highest BCUT2D eigenvalue weighted by molar-refractivity contribution is 6.05. The predicted octanol–water partition coefficient (Wildman–Crippen LogP) is 5.83. The number of nitrogens with one attached hydrogen (secondary N) is 3. The van der Waals surface area contributed by atoms with Gasteiger partial charge in [-0.3, -0.25) is 4.79 Å². The van der Waals surface area contributed by atoms with Crippen LogP contribution in [0.4, 0.5) is 16.0 Å². The van der Waals surface area contributed by atoms with Crippen molar-refractivity contribution in [2.75, 3.05) is 23.7 Å². The van der Waals surface area contributed by atoms with Gasteiger partial charge in [-0.05, 0) is 75.0 Å². The zero-order chi connectivity index (χ0) is 26.8. The number of halogens is 1. The lowest BCUT2D eigenvalue weighted by Gasteiger charge is -2.24. The number of fused-ring (bicyclic) bond motifs is 1. The monoisotopic (exact) mass is 526 g/mol. The SMILES string of the molecule is Cc1ccc2c(NC(=O)C3CCC3)c(F)ccc2c1Oc1ncccc1-c1ccnc(N[C@H]2CCCNC2)n1. The molecule has 9 heteroatoms. The van der Waals surface area contributed by atoms with E-state index in [0.717, 1.165) is 50.8 Å². The zero-order valence-electron chi connectivity index (χ0n) is 21.8. The van der Waals surface area contributed by atoms with E-state index in [1.807, 2.05) is 37.3 Å².